The van der Waals surface area contributed by atoms with Gasteiger partial charge in [0.2, 0.25) is 0 Å². The Balaban J connectivity index is 2.03. The SMILES string of the molecule is Nc1ncc(-c2cc[c]cc2)nc1-c1ccc(C(F)(F)F)nc1. The zero-order valence-electron chi connectivity index (χ0n) is 11.7. The fourth-order valence-corrected chi connectivity index (χ4v) is 2.01. The van der Waals surface area contributed by atoms with Crippen molar-refractivity contribution in [3.63, 3.8) is 0 Å². The van der Waals surface area contributed by atoms with Crippen molar-refractivity contribution in [1.82, 2.24) is 15.0 Å². The quantitative estimate of drug-likeness (QED) is 0.784. The Kier molecular flexibility index (Phi) is 3.69. The number of aromatic nitrogens is 3. The first-order chi connectivity index (χ1) is 10.9. The molecule has 0 unspecified atom stereocenters. The molecule has 0 amide bonds. The van der Waals surface area contributed by atoms with Gasteiger partial charge in [-0.05, 0) is 18.2 Å². The molecule has 2 N–H and O–H groups in total. The normalized spacial score (nSPS) is 11.4. The van der Waals surface area contributed by atoms with Crippen LogP contribution in [0.4, 0.5) is 19.0 Å². The highest BCUT2D eigenvalue weighted by molar-refractivity contribution is 5.72. The van der Waals surface area contributed by atoms with Crippen LogP contribution in [0.1, 0.15) is 5.69 Å². The van der Waals surface area contributed by atoms with Gasteiger partial charge in [0.1, 0.15) is 17.2 Å². The monoisotopic (exact) mass is 315 g/mol. The van der Waals surface area contributed by atoms with Crippen molar-refractivity contribution in [2.45, 2.75) is 6.18 Å². The molecule has 0 aliphatic rings. The van der Waals surface area contributed by atoms with Gasteiger partial charge < -0.3 is 5.73 Å². The Labute approximate surface area is 129 Å². The molecule has 7 heteroatoms. The highest BCUT2D eigenvalue weighted by atomic mass is 19.4. The van der Waals surface area contributed by atoms with Crippen LogP contribution in [0.15, 0.2) is 48.8 Å². The van der Waals surface area contributed by atoms with E-state index in [-0.39, 0.29) is 11.5 Å². The van der Waals surface area contributed by atoms with Crippen LogP contribution in [0, 0.1) is 6.07 Å². The smallest absolute Gasteiger partial charge is 0.382 e. The number of alkyl halides is 3. The molecule has 0 aliphatic carbocycles. The molecule has 1 aromatic carbocycles. The standard InChI is InChI=1S/C16H10F3N4/c17-16(18,19)13-7-6-11(8-21-13)14-15(20)22-9-12(23-14)10-4-2-1-3-5-10/h2-9H,(H2,20,22). The number of nitrogens with two attached hydrogens (primary N) is 1. The third kappa shape index (κ3) is 3.13. The van der Waals surface area contributed by atoms with Crippen molar-refractivity contribution < 1.29 is 13.2 Å². The largest absolute Gasteiger partial charge is 0.433 e. The Morgan fingerprint density at radius 2 is 1.65 bits per heavy atom. The predicted octanol–water partition coefficient (Wildman–Crippen LogP) is 3.61. The summed E-state index contributed by atoms with van der Waals surface area (Å²) in [6, 6.07) is 12.1. The van der Waals surface area contributed by atoms with Crippen LogP contribution in [0.2, 0.25) is 0 Å². The summed E-state index contributed by atoms with van der Waals surface area (Å²) in [5.74, 6) is 0.123. The highest BCUT2D eigenvalue weighted by Gasteiger charge is 2.32. The van der Waals surface area contributed by atoms with Gasteiger partial charge in [0.25, 0.3) is 0 Å². The van der Waals surface area contributed by atoms with Crippen molar-refractivity contribution in [1.29, 1.82) is 0 Å². The molecule has 0 saturated heterocycles. The molecular formula is C16H10F3N4. The molecule has 115 valence electrons. The van der Waals surface area contributed by atoms with Gasteiger partial charge in [0.05, 0.1) is 11.9 Å². The van der Waals surface area contributed by atoms with E-state index in [2.05, 4.69) is 21.0 Å². The summed E-state index contributed by atoms with van der Waals surface area (Å²) in [6.45, 7) is 0. The summed E-state index contributed by atoms with van der Waals surface area (Å²) < 4.78 is 37.7. The van der Waals surface area contributed by atoms with Crippen LogP contribution in [-0.2, 0) is 6.18 Å². The van der Waals surface area contributed by atoms with Gasteiger partial charge in [-0.1, -0.05) is 24.3 Å². The summed E-state index contributed by atoms with van der Waals surface area (Å²) in [5, 5.41) is 0. The van der Waals surface area contributed by atoms with E-state index in [0.29, 0.717) is 11.3 Å². The van der Waals surface area contributed by atoms with Gasteiger partial charge in [0, 0.05) is 17.3 Å². The molecule has 23 heavy (non-hydrogen) atoms. The van der Waals surface area contributed by atoms with Gasteiger partial charge in [-0.25, -0.2) is 9.97 Å². The third-order valence-corrected chi connectivity index (χ3v) is 3.14. The Hall–Kier alpha value is -2.96. The average Bonchev–Trinajstić information content (AvgIpc) is 2.55. The number of pyridine rings is 1. The third-order valence-electron chi connectivity index (χ3n) is 3.14. The fourth-order valence-electron chi connectivity index (χ4n) is 2.01. The van der Waals surface area contributed by atoms with Crippen LogP contribution in [0.5, 0.6) is 0 Å². The zero-order valence-corrected chi connectivity index (χ0v) is 11.7. The van der Waals surface area contributed by atoms with E-state index < -0.39 is 11.9 Å². The van der Waals surface area contributed by atoms with Crippen molar-refractivity contribution in [2.75, 3.05) is 5.73 Å². The van der Waals surface area contributed by atoms with E-state index in [0.717, 1.165) is 17.8 Å². The maximum atomic E-state index is 12.6. The Bertz CT molecular complexity index is 815. The number of halogens is 3. The Morgan fingerprint density at radius 1 is 0.913 bits per heavy atom. The number of hydrogen-bond donors (Lipinski definition) is 1. The molecule has 2 heterocycles. The number of nitrogen functional groups attached to an aromatic ring is 1. The minimum atomic E-state index is -4.49. The number of anilines is 1. The maximum Gasteiger partial charge on any atom is 0.433 e. The summed E-state index contributed by atoms with van der Waals surface area (Å²) in [7, 11) is 0. The molecule has 0 bridgehead atoms. The molecule has 3 rings (SSSR count). The molecular weight excluding hydrogens is 305 g/mol. The van der Waals surface area contributed by atoms with Gasteiger partial charge >= 0.3 is 6.18 Å². The molecule has 0 fully saturated rings. The molecule has 0 atom stereocenters. The van der Waals surface area contributed by atoms with Crippen LogP contribution in [0.3, 0.4) is 0 Å². The molecule has 3 aromatic rings. The molecule has 2 aromatic heterocycles. The molecule has 0 aliphatic heterocycles. The first-order valence-corrected chi connectivity index (χ1v) is 6.58. The minimum absolute atomic E-state index is 0.123. The summed E-state index contributed by atoms with van der Waals surface area (Å²) >= 11 is 0. The van der Waals surface area contributed by atoms with Gasteiger partial charge in [0.15, 0.2) is 0 Å². The lowest BCUT2D eigenvalue weighted by Gasteiger charge is -2.09. The lowest BCUT2D eigenvalue weighted by atomic mass is 10.1. The van der Waals surface area contributed by atoms with Crippen LogP contribution < -0.4 is 5.73 Å². The molecule has 0 saturated carbocycles. The Morgan fingerprint density at radius 3 is 2.26 bits per heavy atom. The van der Waals surface area contributed by atoms with E-state index in [9.17, 15) is 13.2 Å². The van der Waals surface area contributed by atoms with Crippen LogP contribution in [0.25, 0.3) is 22.5 Å². The fraction of sp³-hybridized carbons (Fsp3) is 0.0625. The van der Waals surface area contributed by atoms with Crippen molar-refractivity contribution in [3.05, 3.63) is 60.6 Å². The number of nitrogens with zero attached hydrogens (tertiary/aromatic N) is 3. The number of hydrogen-bond acceptors (Lipinski definition) is 4. The van der Waals surface area contributed by atoms with E-state index in [1.165, 1.54) is 12.3 Å². The summed E-state index contributed by atoms with van der Waals surface area (Å²) in [5.41, 5.74) is 6.84. The lowest BCUT2D eigenvalue weighted by molar-refractivity contribution is -0.141. The van der Waals surface area contributed by atoms with E-state index in [1.54, 1.807) is 24.3 Å². The first-order valence-electron chi connectivity index (χ1n) is 6.58. The molecule has 1 radical (unpaired) electrons. The lowest BCUT2D eigenvalue weighted by Crippen LogP contribution is -2.07. The number of rotatable bonds is 2. The second-order valence-corrected chi connectivity index (χ2v) is 4.71. The summed E-state index contributed by atoms with van der Waals surface area (Å²) in [6.07, 6.45) is -1.89. The van der Waals surface area contributed by atoms with Gasteiger partial charge in [-0.2, -0.15) is 13.2 Å². The van der Waals surface area contributed by atoms with Gasteiger partial charge in [-0.15, -0.1) is 0 Å². The highest BCUT2D eigenvalue weighted by Crippen LogP contribution is 2.30. The predicted molar refractivity (Wildman–Crippen MR) is 78.9 cm³/mol. The van der Waals surface area contributed by atoms with Crippen molar-refractivity contribution >= 4 is 5.82 Å². The van der Waals surface area contributed by atoms with E-state index in [1.807, 2.05) is 0 Å². The minimum Gasteiger partial charge on any atom is -0.382 e. The van der Waals surface area contributed by atoms with Gasteiger partial charge in [-0.3, -0.25) is 4.98 Å². The topological polar surface area (TPSA) is 64.7 Å². The number of benzene rings is 1. The van der Waals surface area contributed by atoms with Crippen LogP contribution in [-0.4, -0.2) is 15.0 Å². The molecule has 4 nitrogen and oxygen atoms in total. The first kappa shape index (κ1) is 15.0. The van der Waals surface area contributed by atoms with Crippen molar-refractivity contribution in [3.8, 4) is 22.5 Å². The average molecular weight is 315 g/mol. The second-order valence-electron chi connectivity index (χ2n) is 4.71. The van der Waals surface area contributed by atoms with Crippen molar-refractivity contribution in [2.24, 2.45) is 0 Å². The maximum absolute atomic E-state index is 12.6. The summed E-state index contributed by atoms with van der Waals surface area (Å²) in [4.78, 5) is 11.9. The zero-order chi connectivity index (χ0) is 16.4. The van der Waals surface area contributed by atoms with Crippen LogP contribution >= 0.6 is 0 Å². The molecule has 0 spiro atoms. The second kappa shape index (κ2) is 5.68. The van der Waals surface area contributed by atoms with E-state index >= 15 is 0 Å². The van der Waals surface area contributed by atoms with E-state index in [4.69, 9.17) is 5.73 Å².